The number of aliphatic hydroxyl groups is 1. The van der Waals surface area contributed by atoms with E-state index in [-0.39, 0.29) is 24.7 Å². The van der Waals surface area contributed by atoms with Crippen molar-refractivity contribution in [3.63, 3.8) is 0 Å². The van der Waals surface area contributed by atoms with Crippen molar-refractivity contribution in [1.29, 1.82) is 5.26 Å². The Balaban J connectivity index is 1.22. The lowest BCUT2D eigenvalue weighted by molar-refractivity contribution is -0.143. The van der Waals surface area contributed by atoms with Gasteiger partial charge in [0.2, 0.25) is 0 Å². The van der Waals surface area contributed by atoms with Crippen LogP contribution in [0.2, 0.25) is 0 Å². The van der Waals surface area contributed by atoms with Gasteiger partial charge in [0.25, 0.3) is 0 Å². The third-order valence-corrected chi connectivity index (χ3v) is 10.4. The number of piperidine rings is 1. The third-order valence-electron chi connectivity index (χ3n) is 10.4. The van der Waals surface area contributed by atoms with Crippen LogP contribution in [0.3, 0.4) is 0 Å². The number of benzene rings is 3. The lowest BCUT2D eigenvalue weighted by atomic mass is 9.91. The van der Waals surface area contributed by atoms with E-state index >= 15 is 0 Å². The van der Waals surface area contributed by atoms with Crippen LogP contribution < -0.4 is 15.4 Å². The fraction of sp³-hybridized carbons (Fsp3) is 0.372. The van der Waals surface area contributed by atoms with Crippen molar-refractivity contribution in [2.75, 3.05) is 25.0 Å². The molecule has 4 N–H and O–H groups in total. The highest BCUT2D eigenvalue weighted by atomic mass is 16.5. The summed E-state index contributed by atoms with van der Waals surface area (Å²) in [7, 11) is 0. The Hall–Kier alpha value is -5.41. The monoisotopic (exact) mass is 727 g/mol. The number of fused-ring (bicyclic) bond motifs is 1. The number of hydrogen-bond donors (Lipinski definition) is 4. The topological polar surface area (TPSA) is 157 Å². The van der Waals surface area contributed by atoms with Gasteiger partial charge in [-0.3, -0.25) is 14.7 Å². The van der Waals surface area contributed by atoms with E-state index in [0.29, 0.717) is 54.4 Å². The highest BCUT2D eigenvalue weighted by Crippen LogP contribution is 2.37. The molecule has 2 aromatic heterocycles. The van der Waals surface area contributed by atoms with E-state index in [4.69, 9.17) is 14.7 Å². The molecule has 6 rings (SSSR count). The van der Waals surface area contributed by atoms with E-state index in [0.717, 1.165) is 68.8 Å². The molecule has 0 amide bonds. The maximum absolute atomic E-state index is 11.4. The molecule has 3 aromatic carbocycles. The molecule has 3 heterocycles. The molecule has 1 aliphatic rings. The average molecular weight is 728 g/mol. The summed E-state index contributed by atoms with van der Waals surface area (Å²) in [4.78, 5) is 27.7. The molecule has 11 nitrogen and oxygen atoms in total. The average Bonchev–Trinajstić information content (AvgIpc) is 3.15. The molecule has 280 valence electrons. The predicted octanol–water partition coefficient (Wildman–Crippen LogP) is 7.45. The van der Waals surface area contributed by atoms with Crippen LogP contribution in [0.4, 0.5) is 11.5 Å². The lowest BCUT2D eigenvalue weighted by Crippen LogP contribution is -2.35. The van der Waals surface area contributed by atoms with Crippen LogP contribution in [0, 0.1) is 44.9 Å². The number of hydrogen-bond acceptors (Lipinski definition) is 10. The van der Waals surface area contributed by atoms with Crippen LogP contribution in [0.5, 0.6) is 5.75 Å². The number of likely N-dealkylation sites (tertiary alicyclic amines) is 1. The number of carbonyl (C=O) groups is 1. The van der Waals surface area contributed by atoms with Crippen molar-refractivity contribution >= 4 is 28.5 Å². The molecule has 1 fully saturated rings. The number of anilines is 2. The number of ether oxygens (including phenoxy) is 1. The molecule has 2 atom stereocenters. The zero-order valence-electron chi connectivity index (χ0n) is 31.9. The summed E-state index contributed by atoms with van der Waals surface area (Å²) in [5, 5.41) is 35.7. The highest BCUT2D eigenvalue weighted by molar-refractivity contribution is 5.89. The molecule has 0 bridgehead atoms. The summed E-state index contributed by atoms with van der Waals surface area (Å²) >= 11 is 0. The molecule has 0 aliphatic carbocycles. The SMILES string of the molecule is Cc1nc(Nc2cccc(-c3cccc(C(C)Oc4c(C)cc(CN5CCC(C(=O)O)CC5)cc4C#N)c3C)c2C)c2ncc(CNC(C)CO)cc2n1. The number of aliphatic hydroxyl groups excluding tert-OH is 1. The maximum Gasteiger partial charge on any atom is 0.306 e. The Morgan fingerprint density at radius 2 is 1.72 bits per heavy atom. The number of carboxylic acid groups (broad SMARTS) is 1. The molecule has 1 saturated heterocycles. The summed E-state index contributed by atoms with van der Waals surface area (Å²) in [5.74, 6) is 0.845. The van der Waals surface area contributed by atoms with Crippen LogP contribution in [0.15, 0.2) is 60.8 Å². The van der Waals surface area contributed by atoms with E-state index < -0.39 is 5.97 Å². The highest BCUT2D eigenvalue weighted by Gasteiger charge is 2.25. The van der Waals surface area contributed by atoms with Crippen molar-refractivity contribution in [2.45, 2.75) is 79.6 Å². The fourth-order valence-electron chi connectivity index (χ4n) is 7.31. The van der Waals surface area contributed by atoms with Gasteiger partial charge in [0.15, 0.2) is 5.82 Å². The number of nitriles is 1. The van der Waals surface area contributed by atoms with Gasteiger partial charge >= 0.3 is 5.97 Å². The molecule has 2 unspecified atom stereocenters. The molecule has 11 heteroatoms. The number of nitrogens with zero attached hydrogens (tertiary/aromatic N) is 5. The minimum Gasteiger partial charge on any atom is -0.484 e. The second kappa shape index (κ2) is 16.7. The number of pyridine rings is 1. The maximum atomic E-state index is 11.4. The second-order valence-electron chi connectivity index (χ2n) is 14.5. The number of aromatic nitrogens is 3. The van der Waals surface area contributed by atoms with Crippen molar-refractivity contribution in [3.05, 3.63) is 106 Å². The van der Waals surface area contributed by atoms with Gasteiger partial charge in [-0.05, 0) is 130 Å². The molecular formula is C43H49N7O4. The van der Waals surface area contributed by atoms with Gasteiger partial charge in [0, 0.05) is 31.0 Å². The standard InChI is InChI=1S/C43H49N7O4/c1-25-17-31(23-50-15-13-33(14-16-50)43(52)53)18-34(20-44)41(25)54-29(5)35-9-7-10-36(27(35)3)37-11-8-12-38(28(37)4)49-42-40-39(47-30(6)48-42)19-32(22-46-40)21-45-26(2)24-51/h7-12,17-19,22,26,29,33,45,51H,13-16,21,23-24H2,1-6H3,(H,52,53)(H,47,48,49). The largest absolute Gasteiger partial charge is 0.484 e. The number of rotatable bonds is 13. The van der Waals surface area contributed by atoms with E-state index in [1.165, 1.54) is 0 Å². The van der Waals surface area contributed by atoms with Crippen LogP contribution in [0.25, 0.3) is 22.2 Å². The van der Waals surface area contributed by atoms with Gasteiger partial charge in [-0.2, -0.15) is 5.26 Å². The summed E-state index contributed by atoms with van der Waals surface area (Å²) in [6.07, 6.45) is 2.76. The van der Waals surface area contributed by atoms with Crippen molar-refractivity contribution in [3.8, 4) is 22.9 Å². The van der Waals surface area contributed by atoms with Crippen LogP contribution in [-0.4, -0.2) is 61.8 Å². The summed E-state index contributed by atoms with van der Waals surface area (Å²) in [6.45, 7) is 14.7. The molecule has 0 saturated carbocycles. The van der Waals surface area contributed by atoms with Gasteiger partial charge in [-0.1, -0.05) is 36.4 Å². The first-order chi connectivity index (χ1) is 25.9. The summed E-state index contributed by atoms with van der Waals surface area (Å²) in [6, 6.07) is 20.7. The van der Waals surface area contributed by atoms with Gasteiger partial charge < -0.3 is 25.6 Å². The normalized spacial score (nSPS) is 14.8. The van der Waals surface area contributed by atoms with Gasteiger partial charge in [-0.25, -0.2) is 9.97 Å². The van der Waals surface area contributed by atoms with Crippen LogP contribution in [0.1, 0.15) is 77.6 Å². The quantitative estimate of drug-likeness (QED) is 0.0956. The minimum atomic E-state index is -0.719. The molecule has 54 heavy (non-hydrogen) atoms. The molecule has 0 radical (unpaired) electrons. The molecule has 5 aromatic rings. The van der Waals surface area contributed by atoms with E-state index in [2.05, 4.69) is 64.7 Å². The number of aliphatic carboxylic acids is 1. The van der Waals surface area contributed by atoms with Gasteiger partial charge in [0.1, 0.15) is 29.3 Å². The first-order valence-corrected chi connectivity index (χ1v) is 18.5. The number of nitrogens with one attached hydrogen (secondary N) is 2. The Morgan fingerprint density at radius 1 is 1.00 bits per heavy atom. The van der Waals surface area contributed by atoms with E-state index in [9.17, 15) is 20.3 Å². The van der Waals surface area contributed by atoms with Crippen LogP contribution in [-0.2, 0) is 17.9 Å². The number of aryl methyl sites for hydroxylation is 2. The number of carboxylic acids is 1. The Bertz CT molecular complexity index is 2210. The third kappa shape index (κ3) is 8.52. The van der Waals surface area contributed by atoms with Crippen LogP contribution >= 0.6 is 0 Å². The van der Waals surface area contributed by atoms with Crippen molar-refractivity contribution in [2.24, 2.45) is 5.92 Å². The Morgan fingerprint density at radius 3 is 2.43 bits per heavy atom. The molecule has 1 aliphatic heterocycles. The zero-order valence-corrected chi connectivity index (χ0v) is 31.9. The first-order valence-electron chi connectivity index (χ1n) is 18.5. The fourth-order valence-corrected chi connectivity index (χ4v) is 7.31. The first kappa shape index (κ1) is 38.3. The molecular weight excluding hydrogens is 679 g/mol. The Labute approximate surface area is 317 Å². The molecule has 0 spiro atoms. The van der Waals surface area contributed by atoms with Crippen molar-refractivity contribution in [1.82, 2.24) is 25.2 Å². The summed E-state index contributed by atoms with van der Waals surface area (Å²) < 4.78 is 6.59. The summed E-state index contributed by atoms with van der Waals surface area (Å²) in [5.41, 5.74) is 11.0. The van der Waals surface area contributed by atoms with Gasteiger partial charge in [-0.15, -0.1) is 0 Å². The second-order valence-corrected chi connectivity index (χ2v) is 14.5. The Kier molecular flexibility index (Phi) is 11.9. The van der Waals surface area contributed by atoms with Crippen molar-refractivity contribution < 1.29 is 19.7 Å². The van der Waals surface area contributed by atoms with E-state index in [1.807, 2.05) is 64.2 Å². The van der Waals surface area contributed by atoms with Gasteiger partial charge in [0.05, 0.1) is 23.6 Å². The predicted molar refractivity (Wildman–Crippen MR) is 211 cm³/mol. The van der Waals surface area contributed by atoms with E-state index in [1.54, 1.807) is 0 Å². The minimum absolute atomic E-state index is 0.0204. The smallest absolute Gasteiger partial charge is 0.306 e. The zero-order chi connectivity index (χ0) is 38.5. The lowest BCUT2D eigenvalue weighted by Gasteiger charge is -2.30.